The van der Waals surface area contributed by atoms with Gasteiger partial charge >= 0.3 is 0 Å². The van der Waals surface area contributed by atoms with Gasteiger partial charge in [-0.3, -0.25) is 4.98 Å². The number of hydrogen-bond donors (Lipinski definition) is 1. The summed E-state index contributed by atoms with van der Waals surface area (Å²) in [6, 6.07) is 5.80. The van der Waals surface area contributed by atoms with Crippen molar-refractivity contribution in [3.05, 3.63) is 46.9 Å². The van der Waals surface area contributed by atoms with E-state index in [-0.39, 0.29) is 0 Å². The van der Waals surface area contributed by atoms with Gasteiger partial charge in [0.15, 0.2) is 5.82 Å². The summed E-state index contributed by atoms with van der Waals surface area (Å²) in [5.74, 6) is 2.36. The van der Waals surface area contributed by atoms with Gasteiger partial charge in [-0.05, 0) is 37.8 Å². The number of aryl methyl sites for hydroxylation is 3. The quantitative estimate of drug-likeness (QED) is 0.725. The van der Waals surface area contributed by atoms with Crippen LogP contribution in [0.1, 0.15) is 35.9 Å². The van der Waals surface area contributed by atoms with Crippen LogP contribution >= 0.6 is 0 Å². The van der Waals surface area contributed by atoms with Crippen molar-refractivity contribution in [2.24, 2.45) is 7.05 Å². The number of rotatable bonds is 6. The minimum Gasteiger partial charge on any atom is -0.481 e. The van der Waals surface area contributed by atoms with Crippen LogP contribution in [0.3, 0.4) is 0 Å². The van der Waals surface area contributed by atoms with E-state index in [0.29, 0.717) is 12.4 Å². The largest absolute Gasteiger partial charge is 0.481 e. The highest BCUT2D eigenvalue weighted by atomic mass is 16.5. The number of ether oxygens (including phenoxy) is 1. The van der Waals surface area contributed by atoms with E-state index in [4.69, 9.17) is 14.7 Å². The average molecular weight is 364 g/mol. The molecule has 7 heteroatoms. The van der Waals surface area contributed by atoms with Gasteiger partial charge in [-0.1, -0.05) is 13.0 Å². The molecule has 3 aromatic rings. The third kappa shape index (κ3) is 3.25. The molecule has 3 heterocycles. The first kappa shape index (κ1) is 17.5. The van der Waals surface area contributed by atoms with Crippen LogP contribution in [0.2, 0.25) is 0 Å². The van der Waals surface area contributed by atoms with Crippen molar-refractivity contribution in [1.29, 1.82) is 0 Å². The fraction of sp³-hybridized carbons (Fsp3) is 0.400. The molecule has 3 aromatic heterocycles. The van der Waals surface area contributed by atoms with E-state index in [9.17, 15) is 0 Å². The lowest BCUT2D eigenvalue weighted by Crippen LogP contribution is -2.09. The first-order valence-electron chi connectivity index (χ1n) is 9.35. The lowest BCUT2D eigenvalue weighted by molar-refractivity contribution is 0.369. The van der Waals surface area contributed by atoms with Gasteiger partial charge in [-0.25, -0.2) is 14.6 Å². The topological polar surface area (TPSA) is 77.8 Å². The number of aromatic nitrogens is 5. The summed E-state index contributed by atoms with van der Waals surface area (Å²) < 4.78 is 7.34. The molecule has 7 nitrogen and oxygen atoms in total. The molecule has 1 aliphatic carbocycles. The SMILES string of the molecule is CCc1nn(C)c(OC)c1CNc1nc(-c2ccccn2)nc2c1CCC2. The zero-order valence-electron chi connectivity index (χ0n) is 16.0. The second-order valence-corrected chi connectivity index (χ2v) is 6.65. The van der Waals surface area contributed by atoms with E-state index in [1.807, 2.05) is 25.2 Å². The molecule has 1 aliphatic rings. The molecular formula is C20H24N6O. The molecule has 0 aliphatic heterocycles. The summed E-state index contributed by atoms with van der Waals surface area (Å²) >= 11 is 0. The Morgan fingerprint density at radius 1 is 1.22 bits per heavy atom. The van der Waals surface area contributed by atoms with Gasteiger partial charge in [0.1, 0.15) is 11.5 Å². The summed E-state index contributed by atoms with van der Waals surface area (Å²) in [6.45, 7) is 2.72. The zero-order valence-corrected chi connectivity index (χ0v) is 16.0. The van der Waals surface area contributed by atoms with E-state index < -0.39 is 0 Å². The molecule has 140 valence electrons. The van der Waals surface area contributed by atoms with Crippen molar-refractivity contribution in [3.8, 4) is 17.4 Å². The predicted octanol–water partition coefficient (Wildman–Crippen LogP) is 2.94. The molecule has 27 heavy (non-hydrogen) atoms. The van der Waals surface area contributed by atoms with Crippen LogP contribution < -0.4 is 10.1 Å². The Morgan fingerprint density at radius 2 is 2.11 bits per heavy atom. The number of hydrogen-bond acceptors (Lipinski definition) is 6. The van der Waals surface area contributed by atoms with Crippen molar-refractivity contribution in [3.63, 3.8) is 0 Å². The van der Waals surface area contributed by atoms with Gasteiger partial charge < -0.3 is 10.1 Å². The van der Waals surface area contributed by atoms with Crippen LogP contribution in [-0.4, -0.2) is 31.8 Å². The number of pyridine rings is 1. The Labute approximate surface area is 158 Å². The molecule has 0 amide bonds. The summed E-state index contributed by atoms with van der Waals surface area (Å²) in [5, 5.41) is 8.08. The van der Waals surface area contributed by atoms with Crippen molar-refractivity contribution >= 4 is 5.82 Å². The maximum absolute atomic E-state index is 5.55. The highest BCUT2D eigenvalue weighted by Crippen LogP contribution is 2.30. The zero-order chi connectivity index (χ0) is 18.8. The van der Waals surface area contributed by atoms with Crippen LogP contribution in [0, 0.1) is 0 Å². The van der Waals surface area contributed by atoms with Crippen molar-refractivity contribution < 1.29 is 4.74 Å². The molecule has 0 radical (unpaired) electrons. The molecule has 1 N–H and O–H groups in total. The lowest BCUT2D eigenvalue weighted by Gasteiger charge is -2.13. The predicted molar refractivity (Wildman–Crippen MR) is 104 cm³/mol. The third-order valence-corrected chi connectivity index (χ3v) is 4.96. The van der Waals surface area contributed by atoms with Crippen LogP contribution in [0.15, 0.2) is 24.4 Å². The van der Waals surface area contributed by atoms with E-state index >= 15 is 0 Å². The fourth-order valence-corrected chi connectivity index (χ4v) is 3.68. The Morgan fingerprint density at radius 3 is 2.85 bits per heavy atom. The van der Waals surface area contributed by atoms with Gasteiger partial charge in [0.25, 0.3) is 0 Å². The molecule has 0 bridgehead atoms. The standard InChI is InChI=1S/C20H24N6O/c1-4-15-14(20(27-3)26(2)25-15)12-22-18-13-8-7-10-16(13)23-19(24-18)17-9-5-6-11-21-17/h5-6,9,11H,4,7-8,10,12H2,1-3H3,(H,22,23,24). The second kappa shape index (κ2) is 7.34. The van der Waals surface area contributed by atoms with Gasteiger partial charge in [0.05, 0.1) is 18.4 Å². The summed E-state index contributed by atoms with van der Waals surface area (Å²) in [7, 11) is 3.59. The summed E-state index contributed by atoms with van der Waals surface area (Å²) in [5.41, 5.74) is 5.26. The Bertz CT molecular complexity index is 951. The molecule has 0 aromatic carbocycles. The van der Waals surface area contributed by atoms with E-state index in [0.717, 1.165) is 60.0 Å². The molecule has 0 atom stereocenters. The second-order valence-electron chi connectivity index (χ2n) is 6.65. The number of methoxy groups -OCH3 is 1. The molecule has 0 saturated carbocycles. The molecular weight excluding hydrogens is 340 g/mol. The van der Waals surface area contributed by atoms with Gasteiger partial charge in [-0.2, -0.15) is 5.10 Å². The van der Waals surface area contributed by atoms with Gasteiger partial charge in [0, 0.05) is 31.0 Å². The van der Waals surface area contributed by atoms with Crippen LogP contribution in [-0.2, 0) is 32.9 Å². The molecule has 0 saturated heterocycles. The number of nitrogens with one attached hydrogen (secondary N) is 1. The van der Waals surface area contributed by atoms with Crippen LogP contribution in [0.4, 0.5) is 5.82 Å². The van der Waals surface area contributed by atoms with Gasteiger partial charge in [0.2, 0.25) is 5.88 Å². The summed E-state index contributed by atoms with van der Waals surface area (Å²) in [6.07, 6.45) is 5.73. The Balaban J connectivity index is 1.68. The third-order valence-electron chi connectivity index (χ3n) is 4.96. The fourth-order valence-electron chi connectivity index (χ4n) is 3.68. The maximum atomic E-state index is 5.55. The number of anilines is 1. The normalized spacial score (nSPS) is 12.9. The highest BCUT2D eigenvalue weighted by Gasteiger charge is 2.22. The first-order valence-corrected chi connectivity index (χ1v) is 9.35. The number of nitrogens with zero attached hydrogens (tertiary/aromatic N) is 5. The van der Waals surface area contributed by atoms with Crippen LogP contribution in [0.5, 0.6) is 5.88 Å². The highest BCUT2D eigenvalue weighted by molar-refractivity contribution is 5.58. The van der Waals surface area contributed by atoms with Gasteiger partial charge in [-0.15, -0.1) is 0 Å². The molecule has 4 rings (SSSR count). The molecule has 0 fully saturated rings. The van der Waals surface area contributed by atoms with Crippen molar-refractivity contribution in [2.45, 2.75) is 39.2 Å². The van der Waals surface area contributed by atoms with E-state index in [1.165, 1.54) is 5.56 Å². The lowest BCUT2D eigenvalue weighted by atomic mass is 10.2. The minimum absolute atomic E-state index is 0.616. The smallest absolute Gasteiger partial charge is 0.216 e. The Hall–Kier alpha value is -2.96. The maximum Gasteiger partial charge on any atom is 0.216 e. The van der Waals surface area contributed by atoms with Crippen molar-refractivity contribution in [2.75, 3.05) is 12.4 Å². The monoisotopic (exact) mass is 364 g/mol. The minimum atomic E-state index is 0.616. The summed E-state index contributed by atoms with van der Waals surface area (Å²) in [4.78, 5) is 14.0. The average Bonchev–Trinajstić information content (AvgIpc) is 3.30. The Kier molecular flexibility index (Phi) is 4.75. The molecule has 0 spiro atoms. The van der Waals surface area contributed by atoms with E-state index in [2.05, 4.69) is 22.3 Å². The van der Waals surface area contributed by atoms with Crippen molar-refractivity contribution in [1.82, 2.24) is 24.7 Å². The van der Waals surface area contributed by atoms with Crippen LogP contribution in [0.25, 0.3) is 11.5 Å². The van der Waals surface area contributed by atoms with E-state index in [1.54, 1.807) is 18.0 Å². The first-order chi connectivity index (χ1) is 13.2. The molecule has 0 unspecified atom stereocenters. The number of fused-ring (bicyclic) bond motifs is 1.